The van der Waals surface area contributed by atoms with Gasteiger partial charge in [0.25, 0.3) is 0 Å². The molecule has 0 spiro atoms. The molecule has 5 heteroatoms. The number of H-pyrrole nitrogens is 1. The number of fused-ring (bicyclic) bond motifs is 2. The number of nitrogens with zero attached hydrogens (tertiary/aromatic N) is 2. The first-order valence-corrected chi connectivity index (χ1v) is 9.57. The molecule has 3 atom stereocenters. The fourth-order valence-electron chi connectivity index (χ4n) is 4.76. The van der Waals surface area contributed by atoms with E-state index in [2.05, 4.69) is 17.1 Å². The highest BCUT2D eigenvalue weighted by molar-refractivity contribution is 5.84. The van der Waals surface area contributed by atoms with Gasteiger partial charge in [-0.05, 0) is 42.7 Å². The van der Waals surface area contributed by atoms with Gasteiger partial charge in [-0.15, -0.1) is 0 Å². The number of carbonyl (C=O) groups is 2. The fraction of sp³-hybridized carbons (Fsp3) is 0.524. The smallest absolute Gasteiger partial charge is 0.222 e. The number of benzene rings is 1. The predicted molar refractivity (Wildman–Crippen MR) is 102 cm³/mol. The Hall–Kier alpha value is -2.30. The molecule has 138 valence electrons. The van der Waals surface area contributed by atoms with Gasteiger partial charge in [-0.2, -0.15) is 0 Å². The Morgan fingerprint density at radius 1 is 1.27 bits per heavy atom. The summed E-state index contributed by atoms with van der Waals surface area (Å²) in [7, 11) is 3.83. The molecule has 0 unspecified atom stereocenters. The minimum Gasteiger partial charge on any atom is -0.361 e. The second-order valence-electron chi connectivity index (χ2n) is 7.99. The van der Waals surface area contributed by atoms with Gasteiger partial charge >= 0.3 is 0 Å². The van der Waals surface area contributed by atoms with Gasteiger partial charge in [-0.1, -0.05) is 18.2 Å². The number of aromatic nitrogens is 1. The zero-order valence-electron chi connectivity index (χ0n) is 15.6. The number of likely N-dealkylation sites (tertiary alicyclic amines) is 1. The van der Waals surface area contributed by atoms with E-state index in [4.69, 9.17) is 0 Å². The van der Waals surface area contributed by atoms with Gasteiger partial charge in [0.2, 0.25) is 11.8 Å². The standard InChI is InChI=1S/C21H27N3O2/c1-23-13-16-10-17(9-15(16)11-21(23)26)24(2)20(25)8-7-14-12-22-19-6-4-3-5-18(14)19/h3-6,12,15-17,22H,7-11,13H2,1-2H3/t15-,16+,17-/m0/s1. The summed E-state index contributed by atoms with van der Waals surface area (Å²) in [6.45, 7) is 0.845. The molecule has 0 bridgehead atoms. The van der Waals surface area contributed by atoms with E-state index in [1.165, 1.54) is 10.9 Å². The maximum atomic E-state index is 12.7. The van der Waals surface area contributed by atoms with Gasteiger partial charge < -0.3 is 14.8 Å². The number of nitrogens with one attached hydrogen (secondary N) is 1. The molecular formula is C21H27N3O2. The van der Waals surface area contributed by atoms with Crippen molar-refractivity contribution in [1.82, 2.24) is 14.8 Å². The number of aryl methyl sites for hydroxylation is 1. The summed E-state index contributed by atoms with van der Waals surface area (Å²) >= 11 is 0. The quantitative estimate of drug-likeness (QED) is 0.919. The van der Waals surface area contributed by atoms with Gasteiger partial charge in [0.1, 0.15) is 0 Å². The van der Waals surface area contributed by atoms with Crippen molar-refractivity contribution in [1.29, 1.82) is 0 Å². The zero-order chi connectivity index (χ0) is 18.3. The highest BCUT2D eigenvalue weighted by atomic mass is 16.2. The van der Waals surface area contributed by atoms with Crippen LogP contribution in [0.2, 0.25) is 0 Å². The van der Waals surface area contributed by atoms with Crippen molar-refractivity contribution in [2.24, 2.45) is 11.8 Å². The highest BCUT2D eigenvalue weighted by Crippen LogP contribution is 2.40. The Labute approximate surface area is 154 Å². The third kappa shape index (κ3) is 3.11. The maximum Gasteiger partial charge on any atom is 0.222 e. The molecule has 2 heterocycles. The number of aromatic amines is 1. The first-order chi connectivity index (χ1) is 12.5. The number of hydrogen-bond acceptors (Lipinski definition) is 2. The number of rotatable bonds is 4. The average Bonchev–Trinajstić information content (AvgIpc) is 3.23. The van der Waals surface area contributed by atoms with Crippen LogP contribution < -0.4 is 0 Å². The van der Waals surface area contributed by atoms with Crippen molar-refractivity contribution in [3.05, 3.63) is 36.0 Å². The topological polar surface area (TPSA) is 56.4 Å². The summed E-state index contributed by atoms with van der Waals surface area (Å²) in [5.74, 6) is 1.46. The van der Waals surface area contributed by atoms with Crippen LogP contribution in [0.4, 0.5) is 0 Å². The Kier molecular flexibility index (Phi) is 4.47. The first kappa shape index (κ1) is 17.1. The van der Waals surface area contributed by atoms with Crippen LogP contribution in [-0.4, -0.2) is 53.3 Å². The normalized spacial score (nSPS) is 25.5. The van der Waals surface area contributed by atoms with Crippen molar-refractivity contribution in [3.8, 4) is 0 Å². The average molecular weight is 353 g/mol. The third-order valence-electron chi connectivity index (χ3n) is 6.41. The Morgan fingerprint density at radius 3 is 2.88 bits per heavy atom. The molecule has 0 radical (unpaired) electrons. The first-order valence-electron chi connectivity index (χ1n) is 9.57. The summed E-state index contributed by atoms with van der Waals surface area (Å²) in [6.07, 6.45) is 5.95. The summed E-state index contributed by atoms with van der Waals surface area (Å²) < 4.78 is 0. The van der Waals surface area contributed by atoms with Crippen LogP contribution >= 0.6 is 0 Å². The zero-order valence-corrected chi connectivity index (χ0v) is 15.6. The van der Waals surface area contributed by atoms with E-state index in [1.807, 2.05) is 42.2 Å². The second kappa shape index (κ2) is 6.78. The maximum absolute atomic E-state index is 12.7. The van der Waals surface area contributed by atoms with Crippen molar-refractivity contribution in [2.45, 2.75) is 38.1 Å². The van der Waals surface area contributed by atoms with Crippen LogP contribution in [-0.2, 0) is 16.0 Å². The van der Waals surface area contributed by atoms with E-state index in [9.17, 15) is 9.59 Å². The number of hydrogen-bond donors (Lipinski definition) is 1. The number of para-hydroxylation sites is 1. The lowest BCUT2D eigenvalue weighted by molar-refractivity contribution is -0.135. The van der Waals surface area contributed by atoms with E-state index in [0.29, 0.717) is 24.7 Å². The third-order valence-corrected chi connectivity index (χ3v) is 6.41. The fourth-order valence-corrected chi connectivity index (χ4v) is 4.76. The van der Waals surface area contributed by atoms with E-state index in [0.717, 1.165) is 31.3 Å². The van der Waals surface area contributed by atoms with Crippen LogP contribution in [0.3, 0.4) is 0 Å². The molecule has 4 rings (SSSR count). The number of amides is 2. The molecule has 2 aliphatic rings. The molecule has 1 aliphatic heterocycles. The van der Waals surface area contributed by atoms with Gasteiger partial charge in [-0.25, -0.2) is 0 Å². The van der Waals surface area contributed by atoms with Gasteiger partial charge in [-0.3, -0.25) is 9.59 Å². The van der Waals surface area contributed by atoms with E-state index in [-0.39, 0.29) is 17.9 Å². The molecule has 5 nitrogen and oxygen atoms in total. The van der Waals surface area contributed by atoms with E-state index in [1.54, 1.807) is 0 Å². The van der Waals surface area contributed by atoms with E-state index < -0.39 is 0 Å². The van der Waals surface area contributed by atoms with Crippen molar-refractivity contribution in [3.63, 3.8) is 0 Å². The van der Waals surface area contributed by atoms with Crippen molar-refractivity contribution < 1.29 is 9.59 Å². The van der Waals surface area contributed by atoms with Crippen LogP contribution in [0.1, 0.15) is 31.2 Å². The SMILES string of the molecule is CN1C[C@H]2C[C@@H](N(C)C(=O)CCc3c[nH]c4ccccc34)C[C@H]2CC1=O. The molecule has 1 aromatic carbocycles. The molecular weight excluding hydrogens is 326 g/mol. The molecule has 1 saturated carbocycles. The number of piperidine rings is 1. The monoisotopic (exact) mass is 353 g/mol. The lowest BCUT2D eigenvalue weighted by Crippen LogP contribution is -2.39. The second-order valence-corrected chi connectivity index (χ2v) is 7.99. The molecule has 1 aliphatic carbocycles. The minimum absolute atomic E-state index is 0.207. The van der Waals surface area contributed by atoms with Crippen molar-refractivity contribution >= 4 is 22.7 Å². The van der Waals surface area contributed by atoms with E-state index >= 15 is 0 Å². The molecule has 2 amide bonds. The van der Waals surface area contributed by atoms with Gasteiger partial charge in [0.05, 0.1) is 0 Å². The summed E-state index contributed by atoms with van der Waals surface area (Å²) in [5.41, 5.74) is 2.33. The minimum atomic E-state index is 0.207. The number of carbonyl (C=O) groups excluding carboxylic acids is 2. The van der Waals surface area contributed by atoms with Crippen LogP contribution in [0.5, 0.6) is 0 Å². The largest absolute Gasteiger partial charge is 0.361 e. The van der Waals surface area contributed by atoms with Gasteiger partial charge in [0.15, 0.2) is 0 Å². The Morgan fingerprint density at radius 2 is 2.04 bits per heavy atom. The van der Waals surface area contributed by atoms with Gasteiger partial charge in [0, 0.05) is 56.6 Å². The highest BCUT2D eigenvalue weighted by Gasteiger charge is 2.42. The summed E-state index contributed by atoms with van der Waals surface area (Å²) in [5, 5.41) is 1.20. The molecule has 2 fully saturated rings. The lowest BCUT2D eigenvalue weighted by atomic mass is 9.88. The molecule has 2 aromatic rings. The lowest BCUT2D eigenvalue weighted by Gasteiger charge is -2.31. The summed E-state index contributed by atoms with van der Waals surface area (Å²) in [6, 6.07) is 8.49. The summed E-state index contributed by atoms with van der Waals surface area (Å²) in [4.78, 5) is 31.7. The molecule has 26 heavy (non-hydrogen) atoms. The Bertz CT molecular complexity index is 828. The molecule has 1 saturated heterocycles. The predicted octanol–water partition coefficient (Wildman–Crippen LogP) is 2.82. The van der Waals surface area contributed by atoms with Crippen LogP contribution in [0.15, 0.2) is 30.5 Å². The van der Waals surface area contributed by atoms with Crippen LogP contribution in [0, 0.1) is 11.8 Å². The van der Waals surface area contributed by atoms with Crippen LogP contribution in [0.25, 0.3) is 10.9 Å². The molecule has 1 N–H and O–H groups in total. The Balaban J connectivity index is 1.36. The van der Waals surface area contributed by atoms with Crippen molar-refractivity contribution in [2.75, 3.05) is 20.6 Å². The molecule has 1 aromatic heterocycles.